The minimum Gasteiger partial charge on any atom is -0.501 e. The summed E-state index contributed by atoms with van der Waals surface area (Å²) in [5.74, 6) is -3.72. The molecule has 0 radical (unpaired) electrons. The normalized spacial score (nSPS) is 24.1. The Kier molecular flexibility index (Phi) is 2.30. The average molecular weight is 241 g/mol. The zero-order chi connectivity index (χ0) is 12.8. The van der Waals surface area contributed by atoms with Gasteiger partial charge in [-0.05, 0) is 25.1 Å². The summed E-state index contributed by atoms with van der Waals surface area (Å²) in [5, 5.41) is 9.29. The lowest BCUT2D eigenvalue weighted by Crippen LogP contribution is -2.32. The minimum atomic E-state index is -1.83. The molecule has 1 heterocycles. The monoisotopic (exact) mass is 241 g/mol. The molecule has 6 heteroatoms. The molecule has 0 saturated heterocycles. The van der Waals surface area contributed by atoms with Crippen molar-refractivity contribution in [1.82, 2.24) is 0 Å². The van der Waals surface area contributed by atoms with Crippen LogP contribution in [-0.2, 0) is 15.1 Å². The van der Waals surface area contributed by atoms with Gasteiger partial charge in [0.15, 0.2) is 0 Å². The van der Waals surface area contributed by atoms with Crippen LogP contribution in [0, 0.1) is 11.6 Å². The average Bonchev–Trinajstić information content (AvgIpc) is 2.47. The van der Waals surface area contributed by atoms with Crippen LogP contribution in [-0.4, -0.2) is 10.9 Å². The van der Waals surface area contributed by atoms with E-state index in [-0.39, 0.29) is 5.56 Å². The minimum absolute atomic E-state index is 0.311. The largest absolute Gasteiger partial charge is 0.501 e. The van der Waals surface area contributed by atoms with Crippen LogP contribution in [0.25, 0.3) is 0 Å². The number of ketones is 1. The van der Waals surface area contributed by atoms with Crippen LogP contribution < -0.4 is 5.73 Å². The molecule has 0 spiro atoms. The molecule has 4 nitrogen and oxygen atoms in total. The zero-order valence-corrected chi connectivity index (χ0v) is 8.83. The number of nitrogens with two attached hydrogens (primary N) is 1. The van der Waals surface area contributed by atoms with E-state index < -0.39 is 34.7 Å². The van der Waals surface area contributed by atoms with Crippen LogP contribution >= 0.6 is 0 Å². The molecular weight excluding hydrogens is 232 g/mol. The van der Waals surface area contributed by atoms with Gasteiger partial charge >= 0.3 is 0 Å². The van der Waals surface area contributed by atoms with Crippen molar-refractivity contribution in [2.24, 2.45) is 5.73 Å². The van der Waals surface area contributed by atoms with Gasteiger partial charge < -0.3 is 15.6 Å². The molecule has 1 aliphatic heterocycles. The number of carbonyl (C=O) groups excluding carboxylic acids is 1. The van der Waals surface area contributed by atoms with E-state index in [1.807, 2.05) is 0 Å². The maximum absolute atomic E-state index is 13.6. The van der Waals surface area contributed by atoms with E-state index in [1.165, 1.54) is 6.92 Å². The molecule has 90 valence electrons. The number of rotatable bonds is 1. The highest BCUT2D eigenvalue weighted by atomic mass is 19.1. The topological polar surface area (TPSA) is 72.6 Å². The Hall–Kier alpha value is -2.11. The molecule has 0 bridgehead atoms. The van der Waals surface area contributed by atoms with Crippen molar-refractivity contribution >= 4 is 5.78 Å². The molecular formula is C11H9F2NO3. The molecule has 1 unspecified atom stereocenters. The Morgan fingerprint density at radius 3 is 2.59 bits per heavy atom. The van der Waals surface area contributed by atoms with Gasteiger partial charge in [-0.1, -0.05) is 0 Å². The number of hydrogen-bond acceptors (Lipinski definition) is 4. The molecule has 17 heavy (non-hydrogen) atoms. The van der Waals surface area contributed by atoms with Gasteiger partial charge in [-0.15, -0.1) is 0 Å². The van der Waals surface area contributed by atoms with Gasteiger partial charge in [0, 0.05) is 5.56 Å². The molecule has 2 rings (SSSR count). The fourth-order valence-electron chi connectivity index (χ4n) is 1.69. The summed E-state index contributed by atoms with van der Waals surface area (Å²) in [5.41, 5.74) is 3.10. The summed E-state index contributed by atoms with van der Waals surface area (Å²) >= 11 is 0. The number of aliphatic hydroxyl groups excluding tert-OH is 1. The summed E-state index contributed by atoms with van der Waals surface area (Å²) in [4.78, 5) is 11.7. The molecule has 0 aliphatic carbocycles. The van der Waals surface area contributed by atoms with Gasteiger partial charge in [-0.2, -0.15) is 0 Å². The lowest BCUT2D eigenvalue weighted by molar-refractivity contribution is -0.131. The van der Waals surface area contributed by atoms with Crippen molar-refractivity contribution in [1.29, 1.82) is 0 Å². The molecule has 0 fully saturated rings. The van der Waals surface area contributed by atoms with Crippen LogP contribution in [0.15, 0.2) is 29.8 Å². The Bertz CT molecular complexity index is 542. The third-order valence-electron chi connectivity index (χ3n) is 2.64. The van der Waals surface area contributed by atoms with E-state index in [2.05, 4.69) is 0 Å². The zero-order valence-electron chi connectivity index (χ0n) is 8.83. The molecule has 0 aromatic heterocycles. The second-order valence-electron chi connectivity index (χ2n) is 3.80. The first kappa shape index (κ1) is 11.4. The Morgan fingerprint density at radius 2 is 2.06 bits per heavy atom. The van der Waals surface area contributed by atoms with Gasteiger partial charge in [-0.3, -0.25) is 4.79 Å². The van der Waals surface area contributed by atoms with Crippen LogP contribution in [0.3, 0.4) is 0 Å². The van der Waals surface area contributed by atoms with E-state index >= 15 is 0 Å². The number of ether oxygens (including phenoxy) is 1. The Labute approximate surface area is 95.3 Å². The molecule has 1 aromatic carbocycles. The number of halogens is 2. The molecule has 1 atom stereocenters. The SMILES string of the molecule is CC1(c2cc(F)ccc2F)OC(N)=C(O)C1=O. The predicted molar refractivity (Wildman–Crippen MR) is 53.6 cm³/mol. The lowest BCUT2D eigenvalue weighted by Gasteiger charge is -2.23. The highest BCUT2D eigenvalue weighted by molar-refractivity contribution is 6.02. The maximum Gasteiger partial charge on any atom is 0.250 e. The molecule has 0 amide bonds. The second kappa shape index (κ2) is 3.44. The molecule has 3 N–H and O–H groups in total. The quantitative estimate of drug-likeness (QED) is 0.780. The summed E-state index contributed by atoms with van der Waals surface area (Å²) in [6.07, 6.45) is 0. The van der Waals surface area contributed by atoms with Gasteiger partial charge in [0.05, 0.1) is 0 Å². The molecule has 1 aliphatic rings. The van der Waals surface area contributed by atoms with Crippen molar-refractivity contribution in [2.75, 3.05) is 0 Å². The first-order valence-electron chi connectivity index (χ1n) is 4.74. The van der Waals surface area contributed by atoms with Gasteiger partial charge in [0.25, 0.3) is 5.78 Å². The van der Waals surface area contributed by atoms with E-state index in [9.17, 15) is 18.7 Å². The Balaban J connectivity index is 2.55. The second-order valence-corrected chi connectivity index (χ2v) is 3.80. The number of aliphatic hydroxyl groups is 1. The summed E-state index contributed by atoms with van der Waals surface area (Å²) in [7, 11) is 0. The van der Waals surface area contributed by atoms with Gasteiger partial charge in [0.1, 0.15) is 11.6 Å². The first-order chi connectivity index (χ1) is 7.86. The van der Waals surface area contributed by atoms with Crippen LogP contribution in [0.5, 0.6) is 0 Å². The van der Waals surface area contributed by atoms with Gasteiger partial charge in [-0.25, -0.2) is 8.78 Å². The standard InChI is InChI=1S/C11H9F2NO3/c1-11(9(16)8(15)10(14)17-11)6-4-5(12)2-3-7(6)13/h2-4,15H,14H2,1H3. The third kappa shape index (κ3) is 1.52. The number of Topliss-reactive ketones (excluding diaryl/α,β-unsaturated/α-hetero) is 1. The van der Waals surface area contributed by atoms with E-state index in [1.54, 1.807) is 0 Å². The molecule has 0 saturated carbocycles. The number of carbonyl (C=O) groups is 1. The van der Waals surface area contributed by atoms with Crippen LogP contribution in [0.2, 0.25) is 0 Å². The highest BCUT2D eigenvalue weighted by Gasteiger charge is 2.48. The summed E-state index contributed by atoms with van der Waals surface area (Å²) in [6, 6.07) is 2.62. The van der Waals surface area contributed by atoms with Crippen molar-refractivity contribution in [2.45, 2.75) is 12.5 Å². The smallest absolute Gasteiger partial charge is 0.250 e. The first-order valence-corrected chi connectivity index (χ1v) is 4.74. The Morgan fingerprint density at radius 1 is 1.41 bits per heavy atom. The lowest BCUT2D eigenvalue weighted by atomic mass is 9.91. The van der Waals surface area contributed by atoms with Crippen molar-refractivity contribution in [3.05, 3.63) is 47.0 Å². The van der Waals surface area contributed by atoms with Crippen LogP contribution in [0.4, 0.5) is 8.78 Å². The number of hydrogen-bond donors (Lipinski definition) is 2. The molecule has 1 aromatic rings. The van der Waals surface area contributed by atoms with Gasteiger partial charge in [0.2, 0.25) is 17.2 Å². The number of benzene rings is 1. The maximum atomic E-state index is 13.6. The summed E-state index contributed by atoms with van der Waals surface area (Å²) < 4.78 is 31.6. The highest BCUT2D eigenvalue weighted by Crippen LogP contribution is 2.37. The van der Waals surface area contributed by atoms with E-state index in [4.69, 9.17) is 10.5 Å². The van der Waals surface area contributed by atoms with Crippen LogP contribution in [0.1, 0.15) is 12.5 Å². The van der Waals surface area contributed by atoms with Crippen molar-refractivity contribution in [3.63, 3.8) is 0 Å². The van der Waals surface area contributed by atoms with E-state index in [0.29, 0.717) is 0 Å². The van der Waals surface area contributed by atoms with Crippen molar-refractivity contribution in [3.8, 4) is 0 Å². The van der Waals surface area contributed by atoms with Crippen molar-refractivity contribution < 1.29 is 23.4 Å². The fourth-order valence-corrected chi connectivity index (χ4v) is 1.69. The fraction of sp³-hybridized carbons (Fsp3) is 0.182. The predicted octanol–water partition coefficient (Wildman–Crippen LogP) is 1.47. The van der Waals surface area contributed by atoms with E-state index in [0.717, 1.165) is 18.2 Å². The summed E-state index contributed by atoms with van der Waals surface area (Å²) in [6.45, 7) is 1.21. The third-order valence-corrected chi connectivity index (χ3v) is 2.64.